The second-order valence-corrected chi connectivity index (χ2v) is 5.72. The van der Waals surface area contributed by atoms with E-state index in [0.717, 1.165) is 0 Å². The van der Waals surface area contributed by atoms with E-state index in [1.165, 1.54) is 0 Å². The van der Waals surface area contributed by atoms with E-state index in [9.17, 15) is 39.5 Å². The molecule has 10 heteroatoms. The van der Waals surface area contributed by atoms with Crippen LogP contribution in [0.2, 0.25) is 0 Å². The molecule has 2 saturated carbocycles. The van der Waals surface area contributed by atoms with Crippen molar-refractivity contribution in [3.8, 4) is 0 Å². The number of halogens is 9. The van der Waals surface area contributed by atoms with Gasteiger partial charge in [-0.15, -0.1) is 0 Å². The largest absolute Gasteiger partial charge is 0.426 e. The van der Waals surface area contributed by atoms with Gasteiger partial charge in [-0.05, 0) is 25.2 Å². The average Bonchev–Trinajstić information content (AvgIpc) is 2.79. The summed E-state index contributed by atoms with van der Waals surface area (Å²) >= 11 is 0. The van der Waals surface area contributed by atoms with Crippen LogP contribution >= 0.6 is 0 Å². The third kappa shape index (κ3) is 2.04. The van der Waals surface area contributed by atoms with Gasteiger partial charge in [0.1, 0.15) is 0 Å². The minimum Gasteiger partial charge on any atom is -0.374 e. The fraction of sp³-hybridized carbons (Fsp3) is 1.00. The Labute approximate surface area is 113 Å². The van der Waals surface area contributed by atoms with Crippen LogP contribution in [0.5, 0.6) is 0 Å². The van der Waals surface area contributed by atoms with E-state index in [2.05, 4.69) is 0 Å². The van der Waals surface area contributed by atoms with Gasteiger partial charge in [0.25, 0.3) is 11.5 Å². The summed E-state index contributed by atoms with van der Waals surface area (Å²) in [6.45, 7) is 0. The van der Waals surface area contributed by atoms with E-state index < -0.39 is 54.2 Å². The summed E-state index contributed by atoms with van der Waals surface area (Å²) < 4.78 is 117. The Morgan fingerprint density at radius 1 is 0.857 bits per heavy atom. The molecule has 2 fully saturated rings. The summed E-state index contributed by atoms with van der Waals surface area (Å²) in [6.07, 6.45) is -16.2. The van der Waals surface area contributed by atoms with Crippen molar-refractivity contribution in [1.82, 2.24) is 0 Å². The highest BCUT2D eigenvalue weighted by Crippen LogP contribution is 2.65. The summed E-state index contributed by atoms with van der Waals surface area (Å²) in [4.78, 5) is 0. The van der Waals surface area contributed by atoms with Gasteiger partial charge in [0.2, 0.25) is 0 Å². The summed E-state index contributed by atoms with van der Waals surface area (Å²) in [7, 11) is 0. The molecule has 0 amide bonds. The monoisotopic (exact) mass is 330 g/mol. The zero-order valence-corrected chi connectivity index (χ0v) is 10.3. The molecule has 124 valence electrons. The predicted molar refractivity (Wildman–Crippen MR) is 51.3 cm³/mol. The van der Waals surface area contributed by atoms with Crippen molar-refractivity contribution in [1.29, 1.82) is 0 Å². The van der Waals surface area contributed by atoms with Crippen LogP contribution in [0.15, 0.2) is 0 Å². The van der Waals surface area contributed by atoms with Crippen LogP contribution in [0.1, 0.15) is 25.7 Å². The van der Waals surface area contributed by atoms with Crippen LogP contribution in [-0.2, 0) is 0 Å². The van der Waals surface area contributed by atoms with Crippen molar-refractivity contribution < 1.29 is 44.6 Å². The molecule has 0 spiro atoms. The maximum atomic E-state index is 14.4. The van der Waals surface area contributed by atoms with E-state index >= 15 is 0 Å². The second-order valence-electron chi connectivity index (χ2n) is 5.72. The molecule has 1 N–H and O–H groups in total. The highest BCUT2D eigenvalue weighted by atomic mass is 19.4. The number of hydrogen-bond acceptors (Lipinski definition) is 1. The summed E-state index contributed by atoms with van der Waals surface area (Å²) in [5, 5.41) is 8.95. The van der Waals surface area contributed by atoms with Gasteiger partial charge in [-0.25, -0.2) is 13.2 Å². The lowest BCUT2D eigenvalue weighted by Gasteiger charge is -2.43. The molecule has 3 atom stereocenters. The summed E-state index contributed by atoms with van der Waals surface area (Å²) in [6, 6.07) is 0. The zero-order valence-electron chi connectivity index (χ0n) is 10.3. The van der Waals surface area contributed by atoms with Gasteiger partial charge in [-0.2, -0.15) is 26.3 Å². The SMILES string of the molecule is OC(CC1(F)C2CCC(C2)C1(F)F)(C(F)(F)F)C(F)(F)F. The standard InChI is InChI=1S/C11H11F9O/c12-7(5-1-2-6(3-5)9(7,13)14)4-8(21,10(15,16)17)11(18,19)20/h5-6,21H,1-4H2. The molecular weight excluding hydrogens is 319 g/mol. The van der Waals surface area contributed by atoms with Crippen molar-refractivity contribution >= 4 is 0 Å². The molecule has 2 rings (SSSR count). The minimum absolute atomic E-state index is 0.153. The molecule has 0 aromatic carbocycles. The molecule has 0 aromatic heterocycles. The van der Waals surface area contributed by atoms with Gasteiger partial charge in [0.15, 0.2) is 5.67 Å². The molecule has 0 aliphatic heterocycles. The van der Waals surface area contributed by atoms with Crippen LogP contribution in [0, 0.1) is 11.8 Å². The average molecular weight is 330 g/mol. The number of hydrogen-bond donors (Lipinski definition) is 1. The molecule has 2 aliphatic rings. The molecule has 0 saturated heterocycles. The number of aliphatic hydroxyl groups is 1. The quantitative estimate of drug-likeness (QED) is 0.759. The fourth-order valence-corrected chi connectivity index (χ4v) is 3.33. The van der Waals surface area contributed by atoms with Gasteiger partial charge in [-0.1, -0.05) is 0 Å². The molecule has 2 bridgehead atoms. The van der Waals surface area contributed by atoms with Crippen molar-refractivity contribution in [3.05, 3.63) is 0 Å². The van der Waals surface area contributed by atoms with Gasteiger partial charge < -0.3 is 5.11 Å². The summed E-state index contributed by atoms with van der Waals surface area (Å²) in [5.41, 5.74) is -9.52. The van der Waals surface area contributed by atoms with E-state index in [-0.39, 0.29) is 12.8 Å². The Bertz CT molecular complexity index is 412. The first kappa shape index (κ1) is 16.7. The first-order chi connectivity index (χ1) is 9.17. The normalized spacial score (nSPS) is 36.3. The van der Waals surface area contributed by atoms with Crippen molar-refractivity contribution in [3.63, 3.8) is 0 Å². The molecule has 0 heterocycles. The Balaban J connectivity index is 2.43. The fourth-order valence-electron chi connectivity index (χ4n) is 3.33. The molecule has 21 heavy (non-hydrogen) atoms. The predicted octanol–water partition coefficient (Wildman–Crippen LogP) is 4.01. The molecule has 0 aromatic rings. The number of alkyl halides is 9. The van der Waals surface area contributed by atoms with Crippen LogP contribution in [0.3, 0.4) is 0 Å². The van der Waals surface area contributed by atoms with Crippen molar-refractivity contribution in [2.75, 3.05) is 0 Å². The van der Waals surface area contributed by atoms with Crippen molar-refractivity contribution in [2.45, 2.75) is 55.2 Å². The van der Waals surface area contributed by atoms with Gasteiger partial charge in [0.05, 0.1) is 0 Å². The first-order valence-electron chi connectivity index (χ1n) is 6.09. The molecule has 1 nitrogen and oxygen atoms in total. The molecule has 0 radical (unpaired) electrons. The van der Waals surface area contributed by atoms with Gasteiger partial charge >= 0.3 is 12.4 Å². The van der Waals surface area contributed by atoms with Crippen LogP contribution in [0.25, 0.3) is 0 Å². The Kier molecular flexibility index (Phi) is 3.34. The smallest absolute Gasteiger partial charge is 0.374 e. The molecule has 2 aliphatic carbocycles. The summed E-state index contributed by atoms with van der Waals surface area (Å²) in [5.74, 6) is -7.52. The highest BCUT2D eigenvalue weighted by Gasteiger charge is 2.79. The van der Waals surface area contributed by atoms with Crippen molar-refractivity contribution in [2.24, 2.45) is 11.8 Å². The van der Waals surface area contributed by atoms with E-state index in [1.54, 1.807) is 0 Å². The number of fused-ring (bicyclic) bond motifs is 2. The molecule has 3 unspecified atom stereocenters. The van der Waals surface area contributed by atoms with Gasteiger partial charge in [-0.3, -0.25) is 0 Å². The van der Waals surface area contributed by atoms with Crippen LogP contribution < -0.4 is 0 Å². The number of rotatable bonds is 2. The third-order valence-corrected chi connectivity index (χ3v) is 4.60. The van der Waals surface area contributed by atoms with E-state index in [0.29, 0.717) is 0 Å². The lowest BCUT2D eigenvalue weighted by atomic mass is 9.74. The van der Waals surface area contributed by atoms with E-state index in [1.807, 2.05) is 0 Å². The molecular formula is C11H11F9O. The first-order valence-corrected chi connectivity index (χ1v) is 6.09. The Hall–Kier alpha value is -0.670. The Morgan fingerprint density at radius 2 is 1.29 bits per heavy atom. The van der Waals surface area contributed by atoms with Crippen LogP contribution in [-0.4, -0.2) is 34.7 Å². The Morgan fingerprint density at radius 3 is 1.62 bits per heavy atom. The highest BCUT2D eigenvalue weighted by molar-refractivity contribution is 5.16. The van der Waals surface area contributed by atoms with Gasteiger partial charge in [0, 0.05) is 12.3 Å². The minimum atomic E-state index is -6.30. The maximum Gasteiger partial charge on any atom is 0.426 e. The lowest BCUT2D eigenvalue weighted by Crippen LogP contribution is -2.63. The third-order valence-electron chi connectivity index (χ3n) is 4.60. The van der Waals surface area contributed by atoms with Crippen LogP contribution in [0.4, 0.5) is 39.5 Å². The maximum absolute atomic E-state index is 14.4. The zero-order chi connectivity index (χ0) is 16.5. The topological polar surface area (TPSA) is 20.2 Å². The lowest BCUT2D eigenvalue weighted by molar-refractivity contribution is -0.383. The second kappa shape index (κ2) is 4.20. The van der Waals surface area contributed by atoms with E-state index in [4.69, 9.17) is 5.11 Å².